The second-order valence-corrected chi connectivity index (χ2v) is 8.53. The van der Waals surface area contributed by atoms with Crippen molar-refractivity contribution in [1.82, 2.24) is 4.98 Å². The van der Waals surface area contributed by atoms with Crippen molar-refractivity contribution in [2.75, 3.05) is 22.1 Å². The molecule has 7 nitrogen and oxygen atoms in total. The maximum atomic E-state index is 12.8. The van der Waals surface area contributed by atoms with Gasteiger partial charge in [0.05, 0.1) is 16.1 Å². The summed E-state index contributed by atoms with van der Waals surface area (Å²) in [6.45, 7) is 5.80. The highest BCUT2D eigenvalue weighted by Crippen LogP contribution is 2.32. The van der Waals surface area contributed by atoms with Gasteiger partial charge in [-0.2, -0.15) is 0 Å². The van der Waals surface area contributed by atoms with Crippen LogP contribution in [0.4, 0.5) is 16.5 Å². The van der Waals surface area contributed by atoms with Crippen LogP contribution >= 0.6 is 11.3 Å². The van der Waals surface area contributed by atoms with E-state index in [-0.39, 0.29) is 24.1 Å². The van der Waals surface area contributed by atoms with Crippen LogP contribution in [0.25, 0.3) is 10.2 Å². The summed E-state index contributed by atoms with van der Waals surface area (Å²) < 4.78 is 0.857. The lowest BCUT2D eigenvalue weighted by Crippen LogP contribution is -2.28. The van der Waals surface area contributed by atoms with Gasteiger partial charge >= 0.3 is 0 Å². The molecular weight excluding hydrogens is 400 g/mol. The predicted octanol–water partition coefficient (Wildman–Crippen LogP) is 3.86. The molecule has 1 aliphatic rings. The van der Waals surface area contributed by atoms with Crippen LogP contribution < -0.4 is 15.5 Å². The van der Waals surface area contributed by atoms with Crippen LogP contribution in [0, 0.1) is 19.8 Å². The fourth-order valence-corrected chi connectivity index (χ4v) is 4.52. The van der Waals surface area contributed by atoms with Gasteiger partial charge in [0.2, 0.25) is 17.7 Å². The molecule has 1 saturated heterocycles. The van der Waals surface area contributed by atoms with Crippen molar-refractivity contribution < 1.29 is 14.4 Å². The number of aromatic nitrogens is 1. The Morgan fingerprint density at radius 2 is 1.97 bits per heavy atom. The van der Waals surface area contributed by atoms with E-state index in [1.807, 2.05) is 38.1 Å². The van der Waals surface area contributed by atoms with Gasteiger partial charge in [-0.25, -0.2) is 4.98 Å². The molecule has 0 spiro atoms. The lowest BCUT2D eigenvalue weighted by molar-refractivity contribution is -0.122. The first-order valence-electron chi connectivity index (χ1n) is 9.67. The van der Waals surface area contributed by atoms with Gasteiger partial charge in [-0.15, -0.1) is 0 Å². The highest BCUT2D eigenvalue weighted by Gasteiger charge is 2.36. The van der Waals surface area contributed by atoms with Crippen molar-refractivity contribution in [3.8, 4) is 0 Å². The number of benzene rings is 2. The number of fused-ring (bicyclic) bond motifs is 1. The maximum Gasteiger partial charge on any atom is 0.231 e. The van der Waals surface area contributed by atoms with E-state index in [4.69, 9.17) is 0 Å². The minimum atomic E-state index is -0.431. The molecule has 1 unspecified atom stereocenters. The summed E-state index contributed by atoms with van der Waals surface area (Å²) in [5, 5.41) is 6.07. The van der Waals surface area contributed by atoms with E-state index < -0.39 is 5.92 Å². The summed E-state index contributed by atoms with van der Waals surface area (Å²) in [6, 6.07) is 11.2. The Labute approximate surface area is 178 Å². The van der Waals surface area contributed by atoms with E-state index >= 15 is 0 Å². The zero-order valence-corrected chi connectivity index (χ0v) is 17.8. The van der Waals surface area contributed by atoms with E-state index in [0.717, 1.165) is 27.0 Å². The summed E-state index contributed by atoms with van der Waals surface area (Å²) in [4.78, 5) is 42.7. The fraction of sp³-hybridized carbons (Fsp3) is 0.273. The van der Waals surface area contributed by atoms with Gasteiger partial charge < -0.3 is 15.5 Å². The predicted molar refractivity (Wildman–Crippen MR) is 119 cm³/mol. The molecule has 4 rings (SSSR count). The minimum Gasteiger partial charge on any atom is -0.326 e. The number of carbonyl (C=O) groups excluding carboxylic acids is 3. The van der Waals surface area contributed by atoms with E-state index in [2.05, 4.69) is 15.6 Å². The number of nitrogens with zero attached hydrogens (tertiary/aromatic N) is 2. The van der Waals surface area contributed by atoms with Gasteiger partial charge in [-0.3, -0.25) is 14.4 Å². The quantitative estimate of drug-likeness (QED) is 0.668. The largest absolute Gasteiger partial charge is 0.326 e. The lowest BCUT2D eigenvalue weighted by atomic mass is 10.1. The third-order valence-electron chi connectivity index (χ3n) is 5.30. The first-order chi connectivity index (χ1) is 14.3. The molecule has 2 heterocycles. The average Bonchev–Trinajstić information content (AvgIpc) is 3.26. The Bertz CT molecular complexity index is 1170. The van der Waals surface area contributed by atoms with Crippen LogP contribution in [0.15, 0.2) is 36.4 Å². The third-order valence-corrected chi connectivity index (χ3v) is 6.24. The lowest BCUT2D eigenvalue weighted by Gasteiger charge is -2.20. The van der Waals surface area contributed by atoms with Gasteiger partial charge in [-0.05, 0) is 49.2 Å². The van der Waals surface area contributed by atoms with Gasteiger partial charge in [0, 0.05) is 31.3 Å². The van der Waals surface area contributed by atoms with E-state index in [1.54, 1.807) is 17.0 Å². The second kappa shape index (κ2) is 7.87. The number of thiazole rings is 1. The van der Waals surface area contributed by atoms with Crippen LogP contribution in [0.3, 0.4) is 0 Å². The highest BCUT2D eigenvalue weighted by atomic mass is 32.1. The third kappa shape index (κ3) is 3.91. The van der Waals surface area contributed by atoms with Crippen molar-refractivity contribution in [2.45, 2.75) is 27.2 Å². The highest BCUT2D eigenvalue weighted by molar-refractivity contribution is 7.22. The smallest absolute Gasteiger partial charge is 0.231 e. The number of anilines is 3. The number of nitrogens with one attached hydrogen (secondary N) is 2. The summed E-state index contributed by atoms with van der Waals surface area (Å²) in [5.74, 6) is -0.837. The molecule has 30 heavy (non-hydrogen) atoms. The molecular formula is C22H22N4O3S. The molecule has 1 aliphatic heterocycles. The molecule has 2 N–H and O–H groups in total. The number of rotatable bonds is 4. The summed E-state index contributed by atoms with van der Waals surface area (Å²) in [7, 11) is 0. The normalized spacial score (nSPS) is 16.2. The number of aryl methyl sites for hydroxylation is 1. The Morgan fingerprint density at radius 1 is 1.17 bits per heavy atom. The second-order valence-electron chi connectivity index (χ2n) is 7.50. The first-order valence-corrected chi connectivity index (χ1v) is 10.5. The molecule has 0 aliphatic carbocycles. The molecule has 1 aromatic heterocycles. The fourth-order valence-electron chi connectivity index (χ4n) is 3.61. The summed E-state index contributed by atoms with van der Waals surface area (Å²) in [6.07, 6.45) is 0.177. The molecule has 3 amide bonds. The topological polar surface area (TPSA) is 91.4 Å². The van der Waals surface area contributed by atoms with Crippen LogP contribution in [-0.2, 0) is 14.4 Å². The monoisotopic (exact) mass is 422 g/mol. The first kappa shape index (κ1) is 20.0. The van der Waals surface area contributed by atoms with Gasteiger partial charge in [0.1, 0.15) is 0 Å². The van der Waals surface area contributed by atoms with Crippen molar-refractivity contribution >= 4 is 55.8 Å². The van der Waals surface area contributed by atoms with Gasteiger partial charge in [-0.1, -0.05) is 23.5 Å². The number of hydrogen-bond donors (Lipinski definition) is 2. The Kier molecular flexibility index (Phi) is 5.26. The standard InChI is InChI=1S/C22H22N4O3S/c1-12-5-4-6-18(13(12)2)26-11-15(9-20(26)28)21(29)25-22-24-17-8-7-16(23-14(3)27)10-19(17)30-22/h4-8,10,15H,9,11H2,1-3H3,(H,23,27)(H,24,25,29). The molecule has 8 heteroatoms. The Hall–Kier alpha value is -3.26. The number of amides is 3. The summed E-state index contributed by atoms with van der Waals surface area (Å²) >= 11 is 1.34. The number of carbonyl (C=O) groups is 3. The van der Waals surface area contributed by atoms with Crippen molar-refractivity contribution in [3.63, 3.8) is 0 Å². The molecule has 2 aromatic carbocycles. The molecule has 3 aromatic rings. The molecule has 0 bridgehead atoms. The van der Waals surface area contributed by atoms with Gasteiger partial charge in [0.15, 0.2) is 5.13 Å². The van der Waals surface area contributed by atoms with Crippen molar-refractivity contribution in [2.24, 2.45) is 5.92 Å². The van der Waals surface area contributed by atoms with E-state index in [1.165, 1.54) is 18.3 Å². The molecule has 1 atom stereocenters. The van der Waals surface area contributed by atoms with Crippen LogP contribution in [-0.4, -0.2) is 29.3 Å². The molecule has 0 saturated carbocycles. The van der Waals surface area contributed by atoms with Crippen LogP contribution in [0.5, 0.6) is 0 Å². The van der Waals surface area contributed by atoms with Gasteiger partial charge in [0.25, 0.3) is 0 Å². The molecule has 0 radical (unpaired) electrons. The molecule has 154 valence electrons. The Balaban J connectivity index is 1.48. The Morgan fingerprint density at radius 3 is 2.73 bits per heavy atom. The minimum absolute atomic E-state index is 0.0481. The molecule has 1 fully saturated rings. The number of hydrogen-bond acceptors (Lipinski definition) is 5. The summed E-state index contributed by atoms with van der Waals surface area (Å²) in [5.41, 5.74) is 4.45. The van der Waals surface area contributed by atoms with Crippen LogP contribution in [0.2, 0.25) is 0 Å². The van der Waals surface area contributed by atoms with E-state index in [9.17, 15) is 14.4 Å². The van der Waals surface area contributed by atoms with Crippen LogP contribution in [0.1, 0.15) is 24.5 Å². The SMILES string of the molecule is CC(=O)Nc1ccc2nc(NC(=O)C3CC(=O)N(c4cccc(C)c4C)C3)sc2c1. The van der Waals surface area contributed by atoms with Crippen molar-refractivity contribution in [1.29, 1.82) is 0 Å². The van der Waals surface area contributed by atoms with E-state index in [0.29, 0.717) is 17.4 Å². The zero-order valence-electron chi connectivity index (χ0n) is 17.0. The average molecular weight is 423 g/mol. The maximum absolute atomic E-state index is 12.8. The van der Waals surface area contributed by atoms with Crippen molar-refractivity contribution in [3.05, 3.63) is 47.5 Å². The zero-order chi connectivity index (χ0) is 21.4.